The first-order valence-corrected chi connectivity index (χ1v) is 13.6. The highest BCUT2D eigenvalue weighted by molar-refractivity contribution is 5.81. The van der Waals surface area contributed by atoms with Crippen LogP contribution >= 0.6 is 0 Å². The van der Waals surface area contributed by atoms with E-state index in [2.05, 4.69) is 18.5 Å². The molecule has 1 heterocycles. The topological polar surface area (TPSA) is 95.3 Å². The summed E-state index contributed by atoms with van der Waals surface area (Å²) in [6.45, 7) is 16.2. The summed E-state index contributed by atoms with van der Waals surface area (Å²) in [5.41, 5.74) is 1.38. The summed E-state index contributed by atoms with van der Waals surface area (Å²) in [6, 6.07) is -0.264. The molecule has 0 spiro atoms. The lowest BCUT2D eigenvalue weighted by Gasteiger charge is -2.17. The molecule has 6 nitrogen and oxygen atoms in total. The molecule has 0 aliphatic carbocycles. The number of nitrogens with zero attached hydrogens (tertiary/aromatic N) is 2. The number of amides is 1. The van der Waals surface area contributed by atoms with Crippen molar-refractivity contribution in [3.8, 4) is 0 Å². The van der Waals surface area contributed by atoms with E-state index in [1.807, 2.05) is 20.8 Å². The van der Waals surface area contributed by atoms with Crippen molar-refractivity contribution >= 4 is 18.1 Å². The van der Waals surface area contributed by atoms with Crippen LogP contribution in [0.3, 0.4) is 0 Å². The molecule has 1 rings (SSSR count). The Kier molecular flexibility index (Phi) is 18.5. The molecule has 0 saturated carbocycles. The van der Waals surface area contributed by atoms with E-state index in [0.29, 0.717) is 54.1 Å². The minimum atomic E-state index is -1.73. The van der Waals surface area contributed by atoms with Gasteiger partial charge in [0.15, 0.2) is 5.79 Å². The summed E-state index contributed by atoms with van der Waals surface area (Å²) < 4.78 is 25.9. The average molecular weight is 548 g/mol. The molecule has 1 aromatic heterocycles. The maximum absolute atomic E-state index is 13.2. The largest absolute Gasteiger partial charge is 0.366 e. The number of hydrogen-bond donors (Lipinski definition) is 3. The zero-order valence-corrected chi connectivity index (χ0v) is 24.2. The number of rotatable bonds is 16. The fourth-order valence-corrected chi connectivity index (χ4v) is 3.68. The number of allylic oxidation sites excluding steroid dienone is 4. The fourth-order valence-electron chi connectivity index (χ4n) is 3.68. The van der Waals surface area contributed by atoms with Crippen LogP contribution in [0.5, 0.6) is 0 Å². The molecule has 0 aliphatic heterocycles. The molecule has 0 bridgehead atoms. The van der Waals surface area contributed by atoms with E-state index in [-0.39, 0.29) is 37.1 Å². The van der Waals surface area contributed by atoms with Crippen molar-refractivity contribution in [1.29, 1.82) is 0 Å². The third kappa shape index (κ3) is 15.3. The second-order valence-corrected chi connectivity index (χ2v) is 9.16. The fraction of sp³-hybridized carbons (Fsp3) is 0.516. The first-order chi connectivity index (χ1) is 18.5. The molecular formula is C31H47F2N3O3. The Morgan fingerprint density at radius 1 is 1.10 bits per heavy atom. The van der Waals surface area contributed by atoms with Gasteiger partial charge in [0, 0.05) is 31.2 Å². The summed E-state index contributed by atoms with van der Waals surface area (Å²) in [7, 11) is 0. The van der Waals surface area contributed by atoms with E-state index in [0.717, 1.165) is 0 Å². The number of unbranched alkanes of at least 4 members (excludes halogenated alkanes) is 1. The number of nitrogens with one attached hydrogen (secondary N) is 1. The molecular weight excluding hydrogens is 500 g/mol. The second kappa shape index (κ2) is 20.0. The van der Waals surface area contributed by atoms with Crippen molar-refractivity contribution in [2.24, 2.45) is 0 Å². The zero-order valence-electron chi connectivity index (χ0n) is 24.2. The number of aryl methyl sites for hydroxylation is 1. The Hall–Kier alpha value is -2.97. The number of alkyl halides is 1. The first-order valence-electron chi connectivity index (χ1n) is 13.6. The van der Waals surface area contributed by atoms with Crippen LogP contribution in [0, 0.1) is 0 Å². The molecule has 0 aliphatic rings. The highest BCUT2D eigenvalue weighted by atomic mass is 19.1. The van der Waals surface area contributed by atoms with Crippen LogP contribution in [0.2, 0.25) is 0 Å². The number of carbonyl (C=O) groups excluding carboxylic acids is 1. The minimum Gasteiger partial charge on any atom is -0.366 e. The molecule has 39 heavy (non-hydrogen) atoms. The minimum absolute atomic E-state index is 0.0771. The number of hydrogen-bond acceptors (Lipinski definition) is 5. The van der Waals surface area contributed by atoms with Crippen LogP contribution in [0.25, 0.3) is 12.2 Å². The lowest BCUT2D eigenvalue weighted by Crippen LogP contribution is -2.36. The van der Waals surface area contributed by atoms with Crippen molar-refractivity contribution in [2.45, 2.75) is 103 Å². The third-order valence-electron chi connectivity index (χ3n) is 5.67. The molecule has 0 fully saturated rings. The normalized spacial score (nSPS) is 15.1. The smallest absolute Gasteiger partial charge is 0.224 e. The molecule has 1 aromatic rings. The van der Waals surface area contributed by atoms with Crippen LogP contribution < -0.4 is 16.0 Å². The molecule has 8 heteroatoms. The van der Waals surface area contributed by atoms with E-state index in [4.69, 9.17) is 9.97 Å². The first kappa shape index (κ1) is 36.0. The van der Waals surface area contributed by atoms with Crippen LogP contribution in [-0.2, 0) is 11.2 Å². The molecule has 0 saturated heterocycles. The quantitative estimate of drug-likeness (QED) is 0.154. The number of aliphatic hydroxyl groups is 2. The number of carbonyl (C=O) groups is 1. The Bertz CT molecular complexity index is 1060. The van der Waals surface area contributed by atoms with Gasteiger partial charge in [-0.2, -0.15) is 0 Å². The molecule has 0 aromatic carbocycles. The van der Waals surface area contributed by atoms with Crippen LogP contribution in [0.4, 0.5) is 8.78 Å². The number of halogens is 2. The van der Waals surface area contributed by atoms with E-state index in [9.17, 15) is 23.8 Å². The van der Waals surface area contributed by atoms with Gasteiger partial charge < -0.3 is 15.5 Å². The van der Waals surface area contributed by atoms with Gasteiger partial charge in [0.1, 0.15) is 6.17 Å². The van der Waals surface area contributed by atoms with Crippen molar-refractivity contribution in [3.63, 3.8) is 0 Å². The maximum atomic E-state index is 13.2. The zero-order chi connectivity index (χ0) is 29.8. The summed E-state index contributed by atoms with van der Waals surface area (Å²) in [5, 5.41) is 23.2. The molecule has 0 radical (unpaired) electrons. The van der Waals surface area contributed by atoms with Crippen molar-refractivity contribution in [2.75, 3.05) is 0 Å². The monoisotopic (exact) mass is 547 g/mol. The van der Waals surface area contributed by atoms with Crippen molar-refractivity contribution in [1.82, 2.24) is 15.3 Å². The SMILES string of the molecule is C=CC(F)C/C=C/C(C)NC(=O)C/C=c1/nc(CCCCC(C)(O)O)c(C(C=C)C/C=C/F)n/c1=C/C.CC. The van der Waals surface area contributed by atoms with E-state index in [1.54, 1.807) is 37.3 Å². The number of aromatic nitrogens is 2. The van der Waals surface area contributed by atoms with Crippen molar-refractivity contribution in [3.05, 3.63) is 72.0 Å². The average Bonchev–Trinajstić information content (AvgIpc) is 2.91. The van der Waals surface area contributed by atoms with Gasteiger partial charge in [-0.1, -0.05) is 50.3 Å². The summed E-state index contributed by atoms with van der Waals surface area (Å²) in [5.74, 6) is -2.19. The van der Waals surface area contributed by atoms with Crippen LogP contribution in [0.15, 0.2) is 49.9 Å². The van der Waals surface area contributed by atoms with Gasteiger partial charge in [-0.15, -0.1) is 13.2 Å². The van der Waals surface area contributed by atoms with E-state index in [1.165, 1.54) is 19.1 Å². The van der Waals surface area contributed by atoms with Crippen molar-refractivity contribution < 1.29 is 23.8 Å². The molecule has 3 atom stereocenters. The Labute approximate surface area is 232 Å². The molecule has 1 amide bonds. The van der Waals surface area contributed by atoms with Gasteiger partial charge in [0.25, 0.3) is 0 Å². The van der Waals surface area contributed by atoms with Gasteiger partial charge in [-0.3, -0.25) is 4.79 Å². The highest BCUT2D eigenvalue weighted by Crippen LogP contribution is 2.22. The summed E-state index contributed by atoms with van der Waals surface area (Å²) in [4.78, 5) is 22.1. The standard InChI is InChI=1S/C29H41F2N3O3.C2H6/c1-6-22(14-12-20-30)28-26(16-9-10-19-29(5,36)37)33-25(24(8-3)34-28)17-18-27(35)32-21(4)13-11-15-23(31)7-2;1-2/h6-8,11-13,17,20-23,36-37H,1-2,9-10,14-16,18-19H2,3-5H3,(H,32,35);1-2H3/b13-11+,20-12+,24-8+,25-17+;. The Balaban J connectivity index is 0.00000704. The predicted octanol–water partition coefficient (Wildman–Crippen LogP) is 5.01. The maximum Gasteiger partial charge on any atom is 0.224 e. The lowest BCUT2D eigenvalue weighted by atomic mass is 9.96. The van der Waals surface area contributed by atoms with Gasteiger partial charge in [-0.05, 0) is 52.5 Å². The molecule has 218 valence electrons. The Morgan fingerprint density at radius 3 is 2.36 bits per heavy atom. The Morgan fingerprint density at radius 2 is 1.79 bits per heavy atom. The second-order valence-electron chi connectivity index (χ2n) is 9.16. The van der Waals surface area contributed by atoms with Crippen LogP contribution in [0.1, 0.15) is 90.4 Å². The van der Waals surface area contributed by atoms with Crippen LogP contribution in [-0.4, -0.2) is 44.1 Å². The highest BCUT2D eigenvalue weighted by Gasteiger charge is 2.17. The predicted molar refractivity (Wildman–Crippen MR) is 157 cm³/mol. The van der Waals surface area contributed by atoms with Gasteiger partial charge >= 0.3 is 0 Å². The van der Waals surface area contributed by atoms with E-state index >= 15 is 0 Å². The van der Waals surface area contributed by atoms with E-state index < -0.39 is 12.0 Å². The summed E-state index contributed by atoms with van der Waals surface area (Å²) in [6.07, 6.45) is 13.3. The van der Waals surface area contributed by atoms with Gasteiger partial charge in [-0.25, -0.2) is 18.7 Å². The van der Waals surface area contributed by atoms with Gasteiger partial charge in [0.05, 0.1) is 28.4 Å². The molecule has 3 N–H and O–H groups in total. The third-order valence-corrected chi connectivity index (χ3v) is 5.67. The molecule has 3 unspecified atom stereocenters. The van der Waals surface area contributed by atoms with Gasteiger partial charge in [0.2, 0.25) is 5.91 Å². The summed E-state index contributed by atoms with van der Waals surface area (Å²) >= 11 is 0. The lowest BCUT2D eigenvalue weighted by molar-refractivity contribution is -0.150.